The van der Waals surface area contributed by atoms with E-state index in [1.165, 1.54) is 6.92 Å². The summed E-state index contributed by atoms with van der Waals surface area (Å²) < 4.78 is 10.2. The van der Waals surface area contributed by atoms with Gasteiger partial charge in [0.05, 0.1) is 6.10 Å². The Labute approximate surface area is 146 Å². The molecule has 2 rings (SSSR count). The largest absolute Gasteiger partial charge is 0.459 e. The van der Waals surface area contributed by atoms with E-state index in [0.717, 1.165) is 11.1 Å². The van der Waals surface area contributed by atoms with Crippen molar-refractivity contribution in [3.8, 4) is 0 Å². The fourth-order valence-corrected chi connectivity index (χ4v) is 2.09. The number of ether oxygens (including phenoxy) is 2. The molecular formula is C19H21NO5. The van der Waals surface area contributed by atoms with Gasteiger partial charge in [-0.15, -0.1) is 0 Å². The van der Waals surface area contributed by atoms with E-state index in [1.54, 1.807) is 0 Å². The minimum atomic E-state index is -1.20. The Morgan fingerprint density at radius 3 is 1.88 bits per heavy atom. The van der Waals surface area contributed by atoms with Crippen molar-refractivity contribution in [2.75, 3.05) is 0 Å². The van der Waals surface area contributed by atoms with Gasteiger partial charge in [-0.1, -0.05) is 60.7 Å². The average molecular weight is 343 g/mol. The van der Waals surface area contributed by atoms with Gasteiger partial charge in [0.2, 0.25) is 0 Å². The quantitative estimate of drug-likeness (QED) is 0.754. The van der Waals surface area contributed by atoms with E-state index in [9.17, 15) is 14.7 Å². The number of nitrogens with one attached hydrogen (secondary N) is 1. The second-order valence-corrected chi connectivity index (χ2v) is 5.52. The van der Waals surface area contributed by atoms with Gasteiger partial charge in [-0.05, 0) is 18.1 Å². The van der Waals surface area contributed by atoms with Crippen molar-refractivity contribution < 1.29 is 24.2 Å². The first-order valence-corrected chi connectivity index (χ1v) is 7.92. The molecule has 0 unspecified atom stereocenters. The van der Waals surface area contributed by atoms with Crippen LogP contribution in [0.1, 0.15) is 18.1 Å². The molecule has 0 spiro atoms. The number of aliphatic hydroxyl groups excluding tert-OH is 1. The van der Waals surface area contributed by atoms with Gasteiger partial charge in [-0.3, -0.25) is 0 Å². The van der Waals surface area contributed by atoms with E-state index in [0.29, 0.717) is 0 Å². The van der Waals surface area contributed by atoms with E-state index in [-0.39, 0.29) is 13.2 Å². The number of amides is 1. The van der Waals surface area contributed by atoms with Gasteiger partial charge >= 0.3 is 12.1 Å². The summed E-state index contributed by atoms with van der Waals surface area (Å²) in [4.78, 5) is 24.0. The Morgan fingerprint density at radius 2 is 1.40 bits per heavy atom. The molecule has 0 aromatic heterocycles. The predicted molar refractivity (Wildman–Crippen MR) is 91.5 cm³/mol. The van der Waals surface area contributed by atoms with Crippen LogP contribution >= 0.6 is 0 Å². The lowest BCUT2D eigenvalue weighted by Gasteiger charge is -2.19. The van der Waals surface area contributed by atoms with E-state index < -0.39 is 24.2 Å². The number of esters is 1. The molecule has 0 aliphatic heterocycles. The predicted octanol–water partition coefficient (Wildman–Crippen LogP) is 2.41. The summed E-state index contributed by atoms with van der Waals surface area (Å²) in [6.07, 6.45) is -1.92. The van der Waals surface area contributed by atoms with Gasteiger partial charge in [0.1, 0.15) is 13.2 Å². The molecule has 2 aromatic carbocycles. The summed E-state index contributed by atoms with van der Waals surface area (Å²) >= 11 is 0. The van der Waals surface area contributed by atoms with Gasteiger partial charge in [-0.2, -0.15) is 0 Å². The SMILES string of the molecule is C[C@@H](O)[C@H](NC(=O)OCc1ccccc1)C(=O)OCc1ccccc1. The van der Waals surface area contributed by atoms with Gasteiger partial charge < -0.3 is 19.9 Å². The zero-order valence-corrected chi connectivity index (χ0v) is 13.9. The van der Waals surface area contributed by atoms with Crippen molar-refractivity contribution in [2.24, 2.45) is 0 Å². The molecule has 1 amide bonds. The number of carbonyl (C=O) groups excluding carboxylic acids is 2. The van der Waals surface area contributed by atoms with Crippen LogP contribution in [-0.4, -0.2) is 29.3 Å². The topological polar surface area (TPSA) is 84.9 Å². The highest BCUT2D eigenvalue weighted by atomic mass is 16.6. The monoisotopic (exact) mass is 343 g/mol. The van der Waals surface area contributed by atoms with Crippen LogP contribution in [0.25, 0.3) is 0 Å². The molecule has 0 aliphatic rings. The lowest BCUT2D eigenvalue weighted by atomic mass is 10.2. The minimum Gasteiger partial charge on any atom is -0.459 e. The summed E-state index contributed by atoms with van der Waals surface area (Å²) in [5.41, 5.74) is 1.63. The Balaban J connectivity index is 1.84. The highest BCUT2D eigenvalue weighted by Crippen LogP contribution is 2.05. The van der Waals surface area contributed by atoms with Crippen LogP contribution in [-0.2, 0) is 27.5 Å². The Hall–Kier alpha value is -2.86. The summed E-state index contributed by atoms with van der Waals surface area (Å²) in [5.74, 6) is -0.726. The fourth-order valence-electron chi connectivity index (χ4n) is 2.09. The van der Waals surface area contributed by atoms with Crippen molar-refractivity contribution in [2.45, 2.75) is 32.3 Å². The molecule has 0 radical (unpaired) electrons. The molecule has 6 nitrogen and oxygen atoms in total. The third-order valence-electron chi connectivity index (χ3n) is 3.45. The third kappa shape index (κ3) is 6.27. The van der Waals surface area contributed by atoms with Crippen LogP contribution in [0.2, 0.25) is 0 Å². The lowest BCUT2D eigenvalue weighted by Crippen LogP contribution is -2.48. The van der Waals surface area contributed by atoms with Gasteiger partial charge in [-0.25, -0.2) is 9.59 Å². The molecule has 132 valence electrons. The first-order valence-electron chi connectivity index (χ1n) is 7.92. The molecule has 2 aromatic rings. The molecule has 0 saturated carbocycles. The van der Waals surface area contributed by atoms with E-state index >= 15 is 0 Å². The second-order valence-electron chi connectivity index (χ2n) is 5.52. The molecule has 0 heterocycles. The molecule has 6 heteroatoms. The van der Waals surface area contributed by atoms with Crippen LogP contribution in [0.5, 0.6) is 0 Å². The summed E-state index contributed by atoms with van der Waals surface area (Å²) in [7, 11) is 0. The third-order valence-corrected chi connectivity index (χ3v) is 3.45. The van der Waals surface area contributed by atoms with Crippen molar-refractivity contribution in [3.05, 3.63) is 71.8 Å². The molecule has 0 bridgehead atoms. The van der Waals surface area contributed by atoms with Crippen LogP contribution in [0, 0.1) is 0 Å². The zero-order chi connectivity index (χ0) is 18.1. The average Bonchev–Trinajstić information content (AvgIpc) is 2.64. The smallest absolute Gasteiger partial charge is 0.408 e. The zero-order valence-electron chi connectivity index (χ0n) is 13.9. The van der Waals surface area contributed by atoms with Crippen LogP contribution in [0.15, 0.2) is 60.7 Å². The molecule has 0 saturated heterocycles. The molecule has 25 heavy (non-hydrogen) atoms. The normalized spacial score (nSPS) is 12.7. The molecular weight excluding hydrogens is 322 g/mol. The minimum absolute atomic E-state index is 0.0592. The molecule has 2 atom stereocenters. The molecule has 2 N–H and O–H groups in total. The van der Waals surface area contributed by atoms with Crippen molar-refractivity contribution in [3.63, 3.8) is 0 Å². The maximum Gasteiger partial charge on any atom is 0.408 e. The van der Waals surface area contributed by atoms with Crippen LogP contribution < -0.4 is 5.32 Å². The molecule has 0 fully saturated rings. The van der Waals surface area contributed by atoms with Crippen molar-refractivity contribution in [1.29, 1.82) is 0 Å². The number of rotatable bonds is 7. The lowest BCUT2D eigenvalue weighted by molar-refractivity contribution is -0.150. The van der Waals surface area contributed by atoms with Crippen LogP contribution in [0.4, 0.5) is 4.79 Å². The summed E-state index contributed by atoms with van der Waals surface area (Å²) in [6.45, 7) is 1.52. The van der Waals surface area contributed by atoms with Crippen molar-refractivity contribution in [1.82, 2.24) is 5.32 Å². The van der Waals surface area contributed by atoms with Gasteiger partial charge in [0.25, 0.3) is 0 Å². The first-order chi connectivity index (χ1) is 12.1. The number of aliphatic hydroxyl groups is 1. The van der Waals surface area contributed by atoms with E-state index in [4.69, 9.17) is 9.47 Å². The maximum atomic E-state index is 12.1. The van der Waals surface area contributed by atoms with Gasteiger partial charge in [0.15, 0.2) is 6.04 Å². The van der Waals surface area contributed by atoms with Gasteiger partial charge in [0, 0.05) is 0 Å². The maximum absolute atomic E-state index is 12.1. The van der Waals surface area contributed by atoms with E-state index in [2.05, 4.69) is 5.32 Å². The summed E-state index contributed by atoms with van der Waals surface area (Å²) in [6, 6.07) is 17.1. The van der Waals surface area contributed by atoms with E-state index in [1.807, 2.05) is 60.7 Å². The Kier molecular flexibility index (Phi) is 6.98. The highest BCUT2D eigenvalue weighted by molar-refractivity contribution is 5.81. The number of benzene rings is 2. The standard InChI is InChI=1S/C19H21NO5/c1-14(21)17(18(22)24-12-15-8-4-2-5-9-15)20-19(23)25-13-16-10-6-3-7-11-16/h2-11,14,17,21H,12-13H2,1H3,(H,20,23)/t14-,17+/m1/s1. The Bertz CT molecular complexity index is 673. The van der Waals surface area contributed by atoms with Crippen LogP contribution in [0.3, 0.4) is 0 Å². The number of hydrogen-bond donors (Lipinski definition) is 2. The summed E-state index contributed by atoms with van der Waals surface area (Å²) in [5, 5.41) is 12.1. The van der Waals surface area contributed by atoms with Crippen molar-refractivity contribution >= 4 is 12.1 Å². The second kappa shape index (κ2) is 9.44. The number of carbonyl (C=O) groups is 2. The first kappa shape index (κ1) is 18.5. The number of alkyl carbamates (subject to hydrolysis) is 1. The Morgan fingerprint density at radius 1 is 0.920 bits per heavy atom. The number of hydrogen-bond acceptors (Lipinski definition) is 5. The molecule has 0 aliphatic carbocycles. The fraction of sp³-hybridized carbons (Fsp3) is 0.263. The highest BCUT2D eigenvalue weighted by Gasteiger charge is 2.27.